The summed E-state index contributed by atoms with van der Waals surface area (Å²) in [6, 6.07) is 8.95. The van der Waals surface area contributed by atoms with Crippen LogP contribution in [0.5, 0.6) is 0 Å². The van der Waals surface area contributed by atoms with Gasteiger partial charge in [-0.2, -0.15) is 0 Å². The predicted octanol–water partition coefficient (Wildman–Crippen LogP) is 2.72. The summed E-state index contributed by atoms with van der Waals surface area (Å²) in [5, 5.41) is 3.42. The van der Waals surface area contributed by atoms with Crippen molar-refractivity contribution in [2.24, 2.45) is 0 Å². The standard InChI is InChI=1S/C12H16BrNO/c13-12-4-2-1-3-10(12)9-15-8-7-14-11-5-6-11/h1-4,11,14H,5-9H2. The van der Waals surface area contributed by atoms with Gasteiger partial charge in [0.1, 0.15) is 0 Å². The van der Waals surface area contributed by atoms with Crippen LogP contribution in [0.4, 0.5) is 0 Å². The Morgan fingerprint density at radius 1 is 1.33 bits per heavy atom. The van der Waals surface area contributed by atoms with E-state index in [0.29, 0.717) is 6.61 Å². The fourth-order valence-electron chi connectivity index (χ4n) is 1.42. The van der Waals surface area contributed by atoms with Crippen LogP contribution in [-0.2, 0) is 11.3 Å². The molecule has 0 atom stereocenters. The van der Waals surface area contributed by atoms with Gasteiger partial charge in [-0.1, -0.05) is 34.1 Å². The Balaban J connectivity index is 1.62. The number of halogens is 1. The van der Waals surface area contributed by atoms with Crippen LogP contribution in [-0.4, -0.2) is 19.2 Å². The maximum atomic E-state index is 5.59. The summed E-state index contributed by atoms with van der Waals surface area (Å²) >= 11 is 3.50. The Kier molecular flexibility index (Phi) is 4.18. The van der Waals surface area contributed by atoms with Crippen LogP contribution in [0.3, 0.4) is 0 Å². The van der Waals surface area contributed by atoms with E-state index in [0.717, 1.165) is 23.7 Å². The van der Waals surface area contributed by atoms with Crippen LogP contribution in [0.1, 0.15) is 18.4 Å². The van der Waals surface area contributed by atoms with E-state index in [1.165, 1.54) is 18.4 Å². The maximum absolute atomic E-state index is 5.59. The van der Waals surface area contributed by atoms with Crippen molar-refractivity contribution in [3.8, 4) is 0 Å². The smallest absolute Gasteiger partial charge is 0.0728 e. The number of benzene rings is 1. The van der Waals surface area contributed by atoms with Crippen molar-refractivity contribution in [2.75, 3.05) is 13.2 Å². The van der Waals surface area contributed by atoms with Crippen molar-refractivity contribution >= 4 is 15.9 Å². The van der Waals surface area contributed by atoms with Gasteiger partial charge in [0.05, 0.1) is 13.2 Å². The van der Waals surface area contributed by atoms with Gasteiger partial charge < -0.3 is 10.1 Å². The zero-order valence-electron chi connectivity index (χ0n) is 8.71. The minimum Gasteiger partial charge on any atom is -0.375 e. The number of ether oxygens (including phenoxy) is 1. The molecule has 82 valence electrons. The van der Waals surface area contributed by atoms with Crippen LogP contribution in [0.2, 0.25) is 0 Å². The van der Waals surface area contributed by atoms with Crippen molar-refractivity contribution in [1.82, 2.24) is 5.32 Å². The van der Waals surface area contributed by atoms with E-state index in [1.807, 2.05) is 18.2 Å². The van der Waals surface area contributed by atoms with E-state index in [9.17, 15) is 0 Å². The third-order valence-electron chi connectivity index (χ3n) is 2.47. The van der Waals surface area contributed by atoms with Crippen LogP contribution in [0.15, 0.2) is 28.7 Å². The molecule has 1 N–H and O–H groups in total. The molecule has 0 radical (unpaired) electrons. The van der Waals surface area contributed by atoms with Crippen molar-refractivity contribution in [2.45, 2.75) is 25.5 Å². The Bertz CT molecular complexity index is 312. The van der Waals surface area contributed by atoms with Crippen LogP contribution in [0.25, 0.3) is 0 Å². The predicted molar refractivity (Wildman–Crippen MR) is 64.8 cm³/mol. The molecule has 0 aliphatic heterocycles. The van der Waals surface area contributed by atoms with E-state index >= 15 is 0 Å². The number of nitrogens with one attached hydrogen (secondary N) is 1. The molecule has 1 aliphatic carbocycles. The van der Waals surface area contributed by atoms with Crippen molar-refractivity contribution in [3.63, 3.8) is 0 Å². The van der Waals surface area contributed by atoms with Crippen LogP contribution in [0, 0.1) is 0 Å². The molecule has 1 aromatic rings. The molecular formula is C12H16BrNO. The summed E-state index contributed by atoms with van der Waals surface area (Å²) < 4.78 is 6.71. The molecule has 0 amide bonds. The van der Waals surface area contributed by atoms with Gasteiger partial charge in [0.2, 0.25) is 0 Å². The molecule has 1 fully saturated rings. The summed E-state index contributed by atoms with van der Waals surface area (Å²) in [7, 11) is 0. The van der Waals surface area contributed by atoms with Crippen molar-refractivity contribution < 1.29 is 4.74 Å². The van der Waals surface area contributed by atoms with Gasteiger partial charge in [-0.25, -0.2) is 0 Å². The lowest BCUT2D eigenvalue weighted by molar-refractivity contribution is 0.122. The lowest BCUT2D eigenvalue weighted by atomic mass is 10.2. The summed E-state index contributed by atoms with van der Waals surface area (Å²) in [5.74, 6) is 0. The van der Waals surface area contributed by atoms with Crippen molar-refractivity contribution in [3.05, 3.63) is 34.3 Å². The summed E-state index contributed by atoms with van der Waals surface area (Å²) in [6.07, 6.45) is 2.68. The third kappa shape index (κ3) is 3.93. The molecule has 0 heterocycles. The summed E-state index contributed by atoms with van der Waals surface area (Å²) in [6.45, 7) is 2.45. The molecule has 0 bridgehead atoms. The molecule has 1 saturated carbocycles. The first-order chi connectivity index (χ1) is 7.36. The molecule has 2 nitrogen and oxygen atoms in total. The normalized spacial score (nSPS) is 15.5. The number of rotatable bonds is 6. The fourth-order valence-corrected chi connectivity index (χ4v) is 1.82. The van der Waals surface area contributed by atoms with Gasteiger partial charge in [0, 0.05) is 17.1 Å². The largest absolute Gasteiger partial charge is 0.375 e. The van der Waals surface area contributed by atoms with E-state index < -0.39 is 0 Å². The topological polar surface area (TPSA) is 21.3 Å². The third-order valence-corrected chi connectivity index (χ3v) is 3.25. The number of hydrogen-bond donors (Lipinski definition) is 1. The first-order valence-electron chi connectivity index (χ1n) is 5.41. The summed E-state index contributed by atoms with van der Waals surface area (Å²) in [4.78, 5) is 0. The molecule has 2 rings (SSSR count). The second-order valence-electron chi connectivity index (χ2n) is 3.87. The first kappa shape index (κ1) is 11.1. The minimum atomic E-state index is 0.688. The van der Waals surface area contributed by atoms with Gasteiger partial charge in [-0.15, -0.1) is 0 Å². The SMILES string of the molecule is Brc1ccccc1COCCNC1CC1. The van der Waals surface area contributed by atoms with Crippen LogP contribution >= 0.6 is 15.9 Å². The average molecular weight is 270 g/mol. The fraction of sp³-hybridized carbons (Fsp3) is 0.500. The molecule has 0 unspecified atom stereocenters. The highest BCUT2D eigenvalue weighted by molar-refractivity contribution is 9.10. The Morgan fingerprint density at radius 3 is 2.87 bits per heavy atom. The highest BCUT2D eigenvalue weighted by Crippen LogP contribution is 2.18. The van der Waals surface area contributed by atoms with Gasteiger partial charge in [-0.3, -0.25) is 0 Å². The van der Waals surface area contributed by atoms with E-state index in [2.05, 4.69) is 27.3 Å². The van der Waals surface area contributed by atoms with Gasteiger partial charge in [0.15, 0.2) is 0 Å². The van der Waals surface area contributed by atoms with Gasteiger partial charge >= 0.3 is 0 Å². The monoisotopic (exact) mass is 269 g/mol. The maximum Gasteiger partial charge on any atom is 0.0728 e. The zero-order chi connectivity index (χ0) is 10.5. The van der Waals surface area contributed by atoms with Gasteiger partial charge in [0.25, 0.3) is 0 Å². The number of hydrogen-bond acceptors (Lipinski definition) is 2. The molecule has 0 saturated heterocycles. The molecule has 1 aliphatic rings. The quantitative estimate of drug-likeness (QED) is 0.802. The zero-order valence-corrected chi connectivity index (χ0v) is 10.3. The lowest BCUT2D eigenvalue weighted by Crippen LogP contribution is -2.21. The molecule has 0 aromatic heterocycles. The Morgan fingerprint density at radius 2 is 2.13 bits per heavy atom. The summed E-state index contributed by atoms with van der Waals surface area (Å²) in [5.41, 5.74) is 1.21. The highest BCUT2D eigenvalue weighted by atomic mass is 79.9. The Labute approximate surface area is 99.1 Å². The lowest BCUT2D eigenvalue weighted by Gasteiger charge is -2.06. The van der Waals surface area contributed by atoms with Gasteiger partial charge in [-0.05, 0) is 24.5 Å². The average Bonchev–Trinajstić information content (AvgIpc) is 3.04. The molecule has 1 aromatic carbocycles. The van der Waals surface area contributed by atoms with E-state index in [-0.39, 0.29) is 0 Å². The second kappa shape index (κ2) is 5.64. The highest BCUT2D eigenvalue weighted by Gasteiger charge is 2.19. The second-order valence-corrected chi connectivity index (χ2v) is 4.73. The van der Waals surface area contributed by atoms with E-state index in [4.69, 9.17) is 4.74 Å². The molecule has 0 spiro atoms. The molecular weight excluding hydrogens is 254 g/mol. The molecule has 15 heavy (non-hydrogen) atoms. The minimum absolute atomic E-state index is 0.688. The first-order valence-corrected chi connectivity index (χ1v) is 6.20. The Hall–Kier alpha value is -0.380. The van der Waals surface area contributed by atoms with Crippen LogP contribution < -0.4 is 5.32 Å². The molecule has 3 heteroatoms. The van der Waals surface area contributed by atoms with Crippen molar-refractivity contribution in [1.29, 1.82) is 0 Å². The van der Waals surface area contributed by atoms with E-state index in [1.54, 1.807) is 0 Å².